The van der Waals surface area contributed by atoms with Crippen LogP contribution in [0.25, 0.3) is 0 Å². The van der Waals surface area contributed by atoms with Crippen molar-refractivity contribution in [2.75, 3.05) is 26.2 Å². The number of alkyl carbamates (subject to hydrolysis) is 1. The van der Waals surface area contributed by atoms with E-state index in [2.05, 4.69) is 22.8 Å². The third-order valence-electron chi connectivity index (χ3n) is 5.10. The Bertz CT molecular complexity index is 668. The number of hydrogen-bond acceptors (Lipinski definition) is 4. The summed E-state index contributed by atoms with van der Waals surface area (Å²) in [6, 6.07) is 10.3. The average Bonchev–Trinajstić information content (AvgIpc) is 3.30. The molecule has 2 saturated heterocycles. The van der Waals surface area contributed by atoms with E-state index in [0.29, 0.717) is 19.6 Å². The van der Waals surface area contributed by atoms with Crippen molar-refractivity contribution >= 4 is 12.1 Å². The summed E-state index contributed by atoms with van der Waals surface area (Å²) in [7, 11) is 0. The molecule has 0 bridgehead atoms. The summed E-state index contributed by atoms with van der Waals surface area (Å²) < 4.78 is 5.33. The molecule has 3 amide bonds. The summed E-state index contributed by atoms with van der Waals surface area (Å²) in [4.78, 5) is 29.1. The molecule has 3 rings (SSSR count). The lowest BCUT2D eigenvalue weighted by Gasteiger charge is -2.32. The molecule has 0 aromatic heterocycles. The number of benzene rings is 1. The second-order valence-corrected chi connectivity index (χ2v) is 8.62. The van der Waals surface area contributed by atoms with Gasteiger partial charge >= 0.3 is 12.1 Å². The third-order valence-corrected chi connectivity index (χ3v) is 5.10. The van der Waals surface area contributed by atoms with Crippen LogP contribution < -0.4 is 10.6 Å². The van der Waals surface area contributed by atoms with Gasteiger partial charge in [-0.25, -0.2) is 9.59 Å². The minimum absolute atomic E-state index is 0.0473. The van der Waals surface area contributed by atoms with E-state index in [1.165, 1.54) is 0 Å². The first-order valence-corrected chi connectivity index (χ1v) is 10.1. The molecule has 7 nitrogen and oxygen atoms in total. The molecule has 2 aliphatic heterocycles. The fourth-order valence-corrected chi connectivity index (χ4v) is 3.75. The number of carbonyl (C=O) groups is 2. The van der Waals surface area contributed by atoms with Gasteiger partial charge < -0.3 is 25.2 Å². The summed E-state index contributed by atoms with van der Waals surface area (Å²) in [6.07, 6.45) is 1.28. The zero-order valence-corrected chi connectivity index (χ0v) is 17.1. The Labute approximate surface area is 167 Å². The molecule has 0 spiro atoms. The van der Waals surface area contributed by atoms with Crippen LogP contribution in [0.1, 0.15) is 39.2 Å². The lowest BCUT2D eigenvalue weighted by Crippen LogP contribution is -2.49. The Morgan fingerprint density at radius 3 is 2.64 bits per heavy atom. The molecule has 2 atom stereocenters. The van der Waals surface area contributed by atoms with Crippen LogP contribution in [0, 0.1) is 0 Å². The second-order valence-electron chi connectivity index (χ2n) is 8.62. The molecule has 2 fully saturated rings. The molecule has 7 heteroatoms. The maximum atomic E-state index is 13.3. The Hall–Kier alpha value is -2.28. The normalized spacial score (nSPS) is 22.2. The topological polar surface area (TPSA) is 73.9 Å². The van der Waals surface area contributed by atoms with Crippen molar-refractivity contribution in [3.63, 3.8) is 0 Å². The minimum Gasteiger partial charge on any atom is -0.444 e. The number of ether oxygens (including phenoxy) is 1. The Morgan fingerprint density at radius 2 is 2.00 bits per heavy atom. The van der Waals surface area contributed by atoms with Gasteiger partial charge in [0.25, 0.3) is 0 Å². The number of nitrogens with zero attached hydrogens (tertiary/aromatic N) is 2. The number of urea groups is 1. The van der Waals surface area contributed by atoms with E-state index in [9.17, 15) is 9.59 Å². The second kappa shape index (κ2) is 8.82. The highest BCUT2D eigenvalue weighted by Crippen LogP contribution is 2.19. The molecule has 1 aromatic rings. The van der Waals surface area contributed by atoms with Crippen LogP contribution >= 0.6 is 0 Å². The zero-order valence-electron chi connectivity index (χ0n) is 17.1. The monoisotopic (exact) mass is 388 g/mol. The molecule has 154 valence electrons. The predicted octanol–water partition coefficient (Wildman–Crippen LogP) is 2.57. The van der Waals surface area contributed by atoms with Crippen molar-refractivity contribution in [3.05, 3.63) is 35.9 Å². The molecule has 2 heterocycles. The first-order chi connectivity index (χ1) is 13.3. The van der Waals surface area contributed by atoms with Crippen LogP contribution in [0.3, 0.4) is 0 Å². The number of hydrogen-bond donors (Lipinski definition) is 2. The molecule has 0 radical (unpaired) electrons. The largest absolute Gasteiger partial charge is 0.444 e. The number of nitrogens with one attached hydrogen (secondary N) is 2. The SMILES string of the molecule is CC(C)(C)OC(=O)NC1CCN(C(=O)N(Cc2ccccc2)C2CCNC2)C1. The smallest absolute Gasteiger partial charge is 0.407 e. The van der Waals surface area contributed by atoms with Crippen molar-refractivity contribution < 1.29 is 14.3 Å². The van der Waals surface area contributed by atoms with Gasteiger partial charge in [-0.2, -0.15) is 0 Å². The van der Waals surface area contributed by atoms with E-state index >= 15 is 0 Å². The molecule has 1 aromatic carbocycles. The van der Waals surface area contributed by atoms with Crippen LogP contribution in [0.2, 0.25) is 0 Å². The summed E-state index contributed by atoms with van der Waals surface area (Å²) in [5.74, 6) is 0. The van der Waals surface area contributed by atoms with Gasteiger partial charge in [0.2, 0.25) is 0 Å². The summed E-state index contributed by atoms with van der Waals surface area (Å²) >= 11 is 0. The van der Waals surface area contributed by atoms with E-state index in [4.69, 9.17) is 4.74 Å². The Morgan fingerprint density at radius 1 is 1.25 bits per heavy atom. The maximum Gasteiger partial charge on any atom is 0.407 e. The van der Waals surface area contributed by atoms with Gasteiger partial charge in [-0.05, 0) is 45.7 Å². The molecular weight excluding hydrogens is 356 g/mol. The quantitative estimate of drug-likeness (QED) is 0.831. The third kappa shape index (κ3) is 5.61. The Balaban J connectivity index is 1.60. The van der Waals surface area contributed by atoms with Crippen LogP contribution in [0.5, 0.6) is 0 Å². The van der Waals surface area contributed by atoms with Crippen LogP contribution in [0.15, 0.2) is 30.3 Å². The number of carbonyl (C=O) groups excluding carboxylic acids is 2. The molecular formula is C21H32N4O3. The van der Waals surface area contributed by atoms with Gasteiger partial charge in [0.1, 0.15) is 5.60 Å². The van der Waals surface area contributed by atoms with E-state index in [0.717, 1.165) is 31.5 Å². The number of amides is 3. The van der Waals surface area contributed by atoms with Gasteiger partial charge in [0.05, 0.1) is 6.04 Å². The zero-order chi connectivity index (χ0) is 20.1. The highest BCUT2D eigenvalue weighted by atomic mass is 16.6. The van der Waals surface area contributed by atoms with Gasteiger partial charge in [0.15, 0.2) is 0 Å². The summed E-state index contributed by atoms with van der Waals surface area (Å²) in [5, 5.41) is 6.25. The van der Waals surface area contributed by atoms with Gasteiger partial charge in [-0.1, -0.05) is 30.3 Å². The molecule has 28 heavy (non-hydrogen) atoms. The maximum absolute atomic E-state index is 13.3. The lowest BCUT2D eigenvalue weighted by atomic mass is 10.1. The lowest BCUT2D eigenvalue weighted by molar-refractivity contribution is 0.0505. The average molecular weight is 389 g/mol. The fourth-order valence-electron chi connectivity index (χ4n) is 3.75. The van der Waals surface area contributed by atoms with Crippen LogP contribution in [-0.2, 0) is 11.3 Å². The van der Waals surface area contributed by atoms with Crippen molar-refractivity contribution in [1.82, 2.24) is 20.4 Å². The van der Waals surface area contributed by atoms with Crippen molar-refractivity contribution in [2.24, 2.45) is 0 Å². The van der Waals surface area contributed by atoms with E-state index in [1.807, 2.05) is 48.8 Å². The fraction of sp³-hybridized carbons (Fsp3) is 0.619. The number of likely N-dealkylation sites (tertiary alicyclic amines) is 1. The predicted molar refractivity (Wildman–Crippen MR) is 108 cm³/mol. The van der Waals surface area contributed by atoms with Gasteiger partial charge in [-0.3, -0.25) is 0 Å². The highest BCUT2D eigenvalue weighted by Gasteiger charge is 2.34. The van der Waals surface area contributed by atoms with Crippen molar-refractivity contribution in [2.45, 2.75) is 57.8 Å². The molecule has 2 aliphatic rings. The standard InChI is InChI=1S/C21H32N4O3/c1-21(2,3)28-19(26)23-17-10-12-24(15-17)20(27)25(18-9-11-22-13-18)14-16-7-5-4-6-8-16/h4-8,17-18,22H,9-15H2,1-3H3,(H,23,26). The molecule has 0 aliphatic carbocycles. The van der Waals surface area contributed by atoms with E-state index in [1.54, 1.807) is 0 Å². The minimum atomic E-state index is -0.528. The van der Waals surface area contributed by atoms with E-state index < -0.39 is 11.7 Å². The van der Waals surface area contributed by atoms with Crippen molar-refractivity contribution in [3.8, 4) is 0 Å². The molecule has 2 N–H and O–H groups in total. The van der Waals surface area contributed by atoms with E-state index in [-0.39, 0.29) is 18.1 Å². The molecule has 0 saturated carbocycles. The van der Waals surface area contributed by atoms with Crippen LogP contribution in [0.4, 0.5) is 9.59 Å². The first-order valence-electron chi connectivity index (χ1n) is 10.1. The van der Waals surface area contributed by atoms with Gasteiger partial charge in [-0.15, -0.1) is 0 Å². The Kier molecular flexibility index (Phi) is 6.44. The summed E-state index contributed by atoms with van der Waals surface area (Å²) in [6.45, 7) is 9.05. The van der Waals surface area contributed by atoms with Gasteiger partial charge in [0, 0.05) is 32.2 Å². The number of rotatable bonds is 4. The first kappa shape index (κ1) is 20.5. The van der Waals surface area contributed by atoms with Crippen molar-refractivity contribution in [1.29, 1.82) is 0 Å². The highest BCUT2D eigenvalue weighted by molar-refractivity contribution is 5.76. The summed E-state index contributed by atoms with van der Waals surface area (Å²) in [5.41, 5.74) is 0.602. The van der Waals surface area contributed by atoms with Crippen LogP contribution in [-0.4, -0.2) is 65.8 Å². The molecule has 2 unspecified atom stereocenters.